The molecule has 1 unspecified atom stereocenters. The lowest BCUT2D eigenvalue weighted by Gasteiger charge is -2.27. The van der Waals surface area contributed by atoms with Crippen molar-refractivity contribution in [2.75, 3.05) is 19.7 Å². The molecule has 1 heterocycles. The summed E-state index contributed by atoms with van der Waals surface area (Å²) in [6.45, 7) is 1.40. The molecule has 7 heteroatoms. The molecule has 166 valence electrons. The van der Waals surface area contributed by atoms with Gasteiger partial charge in [0.25, 0.3) is 0 Å². The average molecular weight is 434 g/mol. The Morgan fingerprint density at radius 3 is 2.06 bits per heavy atom. The van der Waals surface area contributed by atoms with Crippen molar-refractivity contribution >= 4 is 18.0 Å². The number of carboxylic acids is 1. The number of amides is 2. The zero-order chi connectivity index (χ0) is 22.2. The van der Waals surface area contributed by atoms with Crippen LogP contribution in [0.1, 0.15) is 36.3 Å². The number of alkyl carbamates (subject to hydrolysis) is 1. The molecule has 0 spiro atoms. The molecule has 7 nitrogen and oxygen atoms in total. The third-order valence-corrected chi connectivity index (χ3v) is 7.11. The molecule has 0 bridgehead atoms. The lowest BCUT2D eigenvalue weighted by molar-refractivity contribution is -0.142. The predicted molar refractivity (Wildman–Crippen MR) is 117 cm³/mol. The van der Waals surface area contributed by atoms with Gasteiger partial charge in [-0.1, -0.05) is 48.5 Å². The maximum atomic E-state index is 12.9. The number of hydrogen-bond acceptors (Lipinski definition) is 4. The molecular formula is C25H26N2O5. The van der Waals surface area contributed by atoms with Gasteiger partial charge in [0.1, 0.15) is 12.6 Å². The largest absolute Gasteiger partial charge is 0.481 e. The van der Waals surface area contributed by atoms with Crippen molar-refractivity contribution < 1.29 is 24.2 Å². The Balaban J connectivity index is 1.25. The Bertz CT molecular complexity index is 1010. The summed E-state index contributed by atoms with van der Waals surface area (Å²) in [4.78, 5) is 38.5. The standard InChI is InChI=1S/C25H26N2O5/c28-23(29)11-22(24(30)27-12-15-9-10-16(15)13-27)26-25(31)32-14-21-19-7-3-1-5-17(19)18-6-2-4-8-20(18)21/h1-8,15-16,21-22H,9-14H2,(H,26,31)(H,28,29)/t15-,16+,22?. The molecule has 1 saturated heterocycles. The van der Waals surface area contributed by atoms with Crippen LogP contribution in [-0.2, 0) is 14.3 Å². The lowest BCUT2D eigenvalue weighted by Crippen LogP contribution is -2.49. The van der Waals surface area contributed by atoms with E-state index in [4.69, 9.17) is 4.74 Å². The van der Waals surface area contributed by atoms with Gasteiger partial charge in [0.15, 0.2) is 0 Å². The predicted octanol–water partition coefficient (Wildman–Crippen LogP) is 3.24. The van der Waals surface area contributed by atoms with E-state index in [1.165, 1.54) is 0 Å². The monoisotopic (exact) mass is 434 g/mol. The maximum absolute atomic E-state index is 12.9. The molecule has 2 N–H and O–H groups in total. The number of carbonyl (C=O) groups excluding carboxylic acids is 2. The minimum absolute atomic E-state index is 0.101. The van der Waals surface area contributed by atoms with Gasteiger partial charge in [-0.15, -0.1) is 0 Å². The zero-order valence-corrected chi connectivity index (χ0v) is 17.7. The third kappa shape index (κ3) is 3.72. The minimum atomic E-state index is -1.13. The highest BCUT2D eigenvalue weighted by Crippen LogP contribution is 2.44. The van der Waals surface area contributed by atoms with Gasteiger partial charge in [0.2, 0.25) is 5.91 Å². The highest BCUT2D eigenvalue weighted by molar-refractivity contribution is 5.89. The second-order valence-corrected chi connectivity index (χ2v) is 8.96. The number of benzene rings is 2. The summed E-state index contributed by atoms with van der Waals surface area (Å²) < 4.78 is 5.51. The second-order valence-electron chi connectivity index (χ2n) is 8.96. The Morgan fingerprint density at radius 1 is 0.969 bits per heavy atom. The quantitative estimate of drug-likeness (QED) is 0.728. The molecule has 2 aliphatic carbocycles. The number of carbonyl (C=O) groups is 3. The topological polar surface area (TPSA) is 95.9 Å². The molecule has 0 radical (unpaired) electrons. The van der Waals surface area contributed by atoms with Crippen LogP contribution in [0.5, 0.6) is 0 Å². The number of hydrogen-bond donors (Lipinski definition) is 2. The van der Waals surface area contributed by atoms with E-state index in [1.54, 1.807) is 4.90 Å². The van der Waals surface area contributed by atoms with Crippen LogP contribution < -0.4 is 5.32 Å². The Morgan fingerprint density at radius 2 is 1.53 bits per heavy atom. The van der Waals surface area contributed by atoms with Gasteiger partial charge in [-0.3, -0.25) is 9.59 Å². The number of nitrogens with zero attached hydrogens (tertiary/aromatic N) is 1. The molecule has 1 aliphatic heterocycles. The molecule has 2 aromatic rings. The number of ether oxygens (including phenoxy) is 1. The number of fused-ring (bicyclic) bond motifs is 4. The van der Waals surface area contributed by atoms with Crippen molar-refractivity contribution in [3.8, 4) is 11.1 Å². The van der Waals surface area contributed by atoms with Gasteiger partial charge < -0.3 is 20.1 Å². The summed E-state index contributed by atoms with van der Waals surface area (Å²) in [7, 11) is 0. The van der Waals surface area contributed by atoms with Crippen LogP contribution >= 0.6 is 0 Å². The summed E-state index contributed by atoms with van der Waals surface area (Å²) in [5.74, 6) is -0.548. The fourth-order valence-electron chi connectivity index (χ4n) is 5.32. The van der Waals surface area contributed by atoms with Crippen LogP contribution in [0.4, 0.5) is 4.79 Å². The number of likely N-dealkylation sites (tertiary alicyclic amines) is 1. The number of carboxylic acid groups (broad SMARTS) is 1. The van der Waals surface area contributed by atoms with Gasteiger partial charge in [0.05, 0.1) is 6.42 Å². The lowest BCUT2D eigenvalue weighted by atomic mass is 9.77. The van der Waals surface area contributed by atoms with Crippen LogP contribution in [0, 0.1) is 11.8 Å². The van der Waals surface area contributed by atoms with Crippen LogP contribution in [0.15, 0.2) is 48.5 Å². The average Bonchev–Trinajstić information content (AvgIpc) is 3.25. The van der Waals surface area contributed by atoms with E-state index in [2.05, 4.69) is 17.4 Å². The summed E-state index contributed by atoms with van der Waals surface area (Å²) >= 11 is 0. The van der Waals surface area contributed by atoms with Crippen molar-refractivity contribution in [1.29, 1.82) is 0 Å². The molecule has 32 heavy (non-hydrogen) atoms. The number of nitrogens with one attached hydrogen (secondary N) is 1. The Labute approximate surface area is 186 Å². The smallest absolute Gasteiger partial charge is 0.407 e. The molecule has 3 aliphatic rings. The molecular weight excluding hydrogens is 408 g/mol. The number of aliphatic carboxylic acids is 1. The van der Waals surface area contributed by atoms with Crippen LogP contribution in [0.3, 0.4) is 0 Å². The summed E-state index contributed by atoms with van der Waals surface area (Å²) in [6, 6.07) is 14.9. The first-order valence-corrected chi connectivity index (χ1v) is 11.1. The molecule has 3 atom stereocenters. The van der Waals surface area contributed by atoms with Gasteiger partial charge in [-0.25, -0.2) is 4.79 Å². The molecule has 2 amide bonds. The number of rotatable bonds is 6. The van der Waals surface area contributed by atoms with Gasteiger partial charge in [0, 0.05) is 19.0 Å². The van der Waals surface area contributed by atoms with E-state index in [-0.39, 0.29) is 18.4 Å². The van der Waals surface area contributed by atoms with Crippen molar-refractivity contribution in [1.82, 2.24) is 10.2 Å². The van der Waals surface area contributed by atoms with Crippen molar-refractivity contribution in [2.45, 2.75) is 31.2 Å². The summed E-state index contributed by atoms with van der Waals surface area (Å²) in [6.07, 6.45) is 0.985. The summed E-state index contributed by atoms with van der Waals surface area (Å²) in [5, 5.41) is 11.8. The minimum Gasteiger partial charge on any atom is -0.481 e. The molecule has 0 aromatic heterocycles. The second kappa shape index (κ2) is 8.30. The first-order valence-electron chi connectivity index (χ1n) is 11.1. The van der Waals surface area contributed by atoms with Crippen LogP contribution in [-0.4, -0.2) is 53.7 Å². The van der Waals surface area contributed by atoms with Crippen molar-refractivity contribution in [3.05, 3.63) is 59.7 Å². The van der Waals surface area contributed by atoms with E-state index in [0.29, 0.717) is 24.9 Å². The van der Waals surface area contributed by atoms with Gasteiger partial charge in [-0.05, 0) is 46.9 Å². The highest BCUT2D eigenvalue weighted by Gasteiger charge is 2.43. The van der Waals surface area contributed by atoms with Gasteiger partial charge in [-0.2, -0.15) is 0 Å². The Kier molecular flexibility index (Phi) is 5.33. The van der Waals surface area contributed by atoms with Crippen molar-refractivity contribution in [2.24, 2.45) is 11.8 Å². The molecule has 1 saturated carbocycles. The first-order chi connectivity index (χ1) is 15.5. The molecule has 5 rings (SSSR count). The SMILES string of the molecule is O=C(O)CC(NC(=O)OCC1c2ccccc2-c2ccccc21)C(=O)N1C[C@H]2CC[C@H]2C1. The fourth-order valence-corrected chi connectivity index (χ4v) is 5.32. The van der Waals surface area contributed by atoms with Crippen molar-refractivity contribution in [3.63, 3.8) is 0 Å². The maximum Gasteiger partial charge on any atom is 0.407 e. The molecule has 2 aromatic carbocycles. The fraction of sp³-hybridized carbons (Fsp3) is 0.400. The normalized spacial score (nSPS) is 21.7. The van der Waals surface area contributed by atoms with Gasteiger partial charge >= 0.3 is 12.1 Å². The third-order valence-electron chi connectivity index (χ3n) is 7.11. The summed E-state index contributed by atoms with van der Waals surface area (Å²) in [5.41, 5.74) is 4.43. The van der Waals surface area contributed by atoms with E-state index >= 15 is 0 Å². The van der Waals surface area contributed by atoms with E-state index in [0.717, 1.165) is 35.1 Å². The first kappa shape index (κ1) is 20.5. The van der Waals surface area contributed by atoms with E-state index in [1.807, 2.05) is 36.4 Å². The van der Waals surface area contributed by atoms with Crippen LogP contribution in [0.2, 0.25) is 0 Å². The highest BCUT2D eigenvalue weighted by atomic mass is 16.5. The molecule has 2 fully saturated rings. The Hall–Kier alpha value is -3.35. The van der Waals surface area contributed by atoms with Crippen LogP contribution in [0.25, 0.3) is 11.1 Å². The zero-order valence-electron chi connectivity index (χ0n) is 17.7. The van der Waals surface area contributed by atoms with E-state index in [9.17, 15) is 19.5 Å². The van der Waals surface area contributed by atoms with E-state index < -0.39 is 24.5 Å².